The molecule has 2 N–H and O–H groups in total. The van der Waals surface area contributed by atoms with Crippen molar-refractivity contribution in [2.24, 2.45) is 0 Å². The van der Waals surface area contributed by atoms with Gasteiger partial charge in [0.25, 0.3) is 5.91 Å². The van der Waals surface area contributed by atoms with Crippen LogP contribution in [0.5, 0.6) is 0 Å². The van der Waals surface area contributed by atoms with Crippen LogP contribution < -0.4 is 5.32 Å². The van der Waals surface area contributed by atoms with Gasteiger partial charge in [0, 0.05) is 40.5 Å². The molecule has 0 aliphatic carbocycles. The number of halogens is 3. The van der Waals surface area contributed by atoms with E-state index in [4.69, 9.17) is 0 Å². The molecule has 3 heterocycles. The van der Waals surface area contributed by atoms with E-state index in [1.807, 2.05) is 24.3 Å². The molecule has 4 rings (SSSR count). The van der Waals surface area contributed by atoms with E-state index in [0.29, 0.717) is 0 Å². The lowest BCUT2D eigenvalue weighted by molar-refractivity contribution is -0.141. The Morgan fingerprint density at radius 3 is 2.59 bits per heavy atom. The molecule has 1 saturated heterocycles. The summed E-state index contributed by atoms with van der Waals surface area (Å²) in [6.45, 7) is 1.14. The molecule has 1 fully saturated rings. The summed E-state index contributed by atoms with van der Waals surface area (Å²) in [7, 11) is 0. The van der Waals surface area contributed by atoms with E-state index in [2.05, 4.69) is 10.3 Å². The predicted molar refractivity (Wildman–Crippen MR) is 110 cm³/mol. The minimum absolute atomic E-state index is 0.0624. The molecule has 1 atom stereocenters. The van der Waals surface area contributed by atoms with Crippen molar-refractivity contribution in [2.75, 3.05) is 6.54 Å². The van der Waals surface area contributed by atoms with E-state index in [1.165, 1.54) is 19.9 Å². The zero-order valence-electron chi connectivity index (χ0n) is 17.4. The molecule has 32 heavy (non-hydrogen) atoms. The van der Waals surface area contributed by atoms with Gasteiger partial charge in [-0.2, -0.15) is 13.2 Å². The third kappa shape index (κ3) is 4.00. The highest BCUT2D eigenvalue weighted by molar-refractivity contribution is 6.09. The highest BCUT2D eigenvalue weighted by Crippen LogP contribution is 2.25. The largest absolute Gasteiger partial charge is 0.406 e. The summed E-state index contributed by atoms with van der Waals surface area (Å²) >= 11 is 0. The number of H-pyrrole nitrogens is 1. The lowest BCUT2D eigenvalue weighted by Gasteiger charge is -2.14. The molecule has 0 saturated carbocycles. The van der Waals surface area contributed by atoms with Crippen molar-refractivity contribution in [3.63, 3.8) is 0 Å². The van der Waals surface area contributed by atoms with Crippen LogP contribution in [0.4, 0.5) is 18.0 Å². The first-order valence-corrected chi connectivity index (χ1v) is 9.98. The fourth-order valence-corrected chi connectivity index (χ4v) is 4.12. The van der Waals surface area contributed by atoms with Gasteiger partial charge in [-0.3, -0.25) is 14.5 Å². The third-order valence-electron chi connectivity index (χ3n) is 5.72. The maximum Gasteiger partial charge on any atom is 0.406 e. The molecule has 3 aromatic rings. The van der Waals surface area contributed by atoms with Gasteiger partial charge in [-0.05, 0) is 31.5 Å². The number of aromatic amines is 1. The Bertz CT molecular complexity index is 1220. The first-order valence-electron chi connectivity index (χ1n) is 9.98. The van der Waals surface area contributed by atoms with Gasteiger partial charge in [-0.1, -0.05) is 18.2 Å². The fourth-order valence-electron chi connectivity index (χ4n) is 4.12. The molecule has 1 aliphatic rings. The van der Waals surface area contributed by atoms with E-state index in [0.717, 1.165) is 25.9 Å². The summed E-state index contributed by atoms with van der Waals surface area (Å²) < 4.78 is 39.5. The Labute approximate surface area is 181 Å². The lowest BCUT2D eigenvalue weighted by Crippen LogP contribution is -2.36. The molecule has 168 valence electrons. The second-order valence-electron chi connectivity index (χ2n) is 7.90. The molecule has 0 spiro atoms. The Morgan fingerprint density at radius 1 is 1.16 bits per heavy atom. The highest BCUT2D eigenvalue weighted by Gasteiger charge is 2.40. The summed E-state index contributed by atoms with van der Waals surface area (Å²) in [5.74, 6) is -1.14. The number of nitrogens with zero attached hydrogens (tertiary/aromatic N) is 2. The number of nitrogens with one attached hydrogen (secondary N) is 2. The Balaban J connectivity index is 1.49. The van der Waals surface area contributed by atoms with E-state index < -0.39 is 43.0 Å². The first-order chi connectivity index (χ1) is 15.0. The number of aryl methyl sites for hydroxylation is 1. The van der Waals surface area contributed by atoms with Crippen LogP contribution in [0.1, 0.15) is 27.3 Å². The fraction of sp³-hybridized carbons (Fsp3) is 0.318. The number of para-hydroxylation sites is 1. The van der Waals surface area contributed by atoms with Crippen molar-refractivity contribution in [1.82, 2.24) is 19.8 Å². The zero-order chi connectivity index (χ0) is 23.2. The topological polar surface area (TPSA) is 87.2 Å². The van der Waals surface area contributed by atoms with Crippen molar-refractivity contribution in [1.29, 1.82) is 0 Å². The zero-order valence-corrected chi connectivity index (χ0v) is 17.4. The number of urea groups is 1. The van der Waals surface area contributed by atoms with Crippen molar-refractivity contribution in [3.05, 3.63) is 59.0 Å². The molecular weight excluding hydrogens is 425 g/mol. The number of benzene rings is 1. The van der Waals surface area contributed by atoms with Crippen molar-refractivity contribution in [3.8, 4) is 0 Å². The summed E-state index contributed by atoms with van der Waals surface area (Å²) in [4.78, 5) is 41.9. The maximum absolute atomic E-state index is 12.8. The van der Waals surface area contributed by atoms with Gasteiger partial charge in [0.2, 0.25) is 0 Å². The second kappa shape index (κ2) is 7.85. The monoisotopic (exact) mass is 446 g/mol. The van der Waals surface area contributed by atoms with E-state index >= 15 is 0 Å². The minimum Gasteiger partial charge on any atom is -0.361 e. The molecule has 1 aromatic carbocycles. The number of Topliss-reactive ketones (excluding diaryl/α,β-unsaturated/α-hetero) is 1. The van der Waals surface area contributed by atoms with Crippen molar-refractivity contribution < 1.29 is 27.6 Å². The van der Waals surface area contributed by atoms with E-state index in [9.17, 15) is 27.6 Å². The number of rotatable bonds is 6. The number of amides is 3. The average molecular weight is 446 g/mol. The van der Waals surface area contributed by atoms with Gasteiger partial charge < -0.3 is 14.9 Å². The Morgan fingerprint density at radius 2 is 1.88 bits per heavy atom. The number of imide groups is 1. The third-order valence-corrected chi connectivity index (χ3v) is 5.72. The maximum atomic E-state index is 12.8. The average Bonchev–Trinajstić information content (AvgIpc) is 3.33. The van der Waals surface area contributed by atoms with Gasteiger partial charge in [0.1, 0.15) is 12.6 Å². The number of hydrogen-bond acceptors (Lipinski definition) is 3. The van der Waals surface area contributed by atoms with Crippen LogP contribution in [-0.2, 0) is 17.8 Å². The van der Waals surface area contributed by atoms with Crippen LogP contribution in [-0.4, -0.2) is 50.9 Å². The molecular formula is C22H21F3N4O3. The van der Waals surface area contributed by atoms with Gasteiger partial charge in [-0.15, -0.1) is 0 Å². The van der Waals surface area contributed by atoms with Crippen LogP contribution in [0.15, 0.2) is 36.5 Å². The van der Waals surface area contributed by atoms with Crippen LogP contribution in [0.25, 0.3) is 10.9 Å². The molecule has 1 aliphatic heterocycles. The standard InChI is InChI=1S/C22H21F3N4O3/c1-12-7-16(13(2)29(12)11-22(23,24)25)19(30)10-28-20(31)18(27-21(28)32)8-14-9-26-17-6-4-3-5-15(14)17/h3-7,9,18,26H,8,10-11H2,1-2H3,(H,27,32). The molecule has 3 amide bonds. The number of ketones is 1. The SMILES string of the molecule is Cc1cc(C(=O)CN2C(=O)NC(Cc3c[nH]c4ccccc34)C2=O)c(C)n1CC(F)(F)F. The minimum atomic E-state index is -4.44. The summed E-state index contributed by atoms with van der Waals surface area (Å²) in [5, 5.41) is 3.52. The first kappa shape index (κ1) is 21.7. The van der Waals surface area contributed by atoms with Gasteiger partial charge in [0.05, 0.1) is 6.54 Å². The predicted octanol–water partition coefficient (Wildman–Crippen LogP) is 3.49. The number of carbonyl (C=O) groups is 3. The second-order valence-corrected chi connectivity index (χ2v) is 7.90. The van der Waals surface area contributed by atoms with Crippen molar-refractivity contribution >= 4 is 28.6 Å². The molecule has 1 unspecified atom stereocenters. The molecule has 2 aromatic heterocycles. The normalized spacial score (nSPS) is 16.8. The lowest BCUT2D eigenvalue weighted by atomic mass is 10.0. The number of fused-ring (bicyclic) bond motifs is 1. The van der Waals surface area contributed by atoms with Crippen LogP contribution in [0.3, 0.4) is 0 Å². The summed E-state index contributed by atoms with van der Waals surface area (Å²) in [6, 6.07) is 7.38. The Hall–Kier alpha value is -3.56. The van der Waals surface area contributed by atoms with Crippen molar-refractivity contribution in [2.45, 2.75) is 39.0 Å². The van der Waals surface area contributed by atoms with E-state index in [1.54, 1.807) is 6.20 Å². The molecule has 0 radical (unpaired) electrons. The molecule has 0 bridgehead atoms. The van der Waals surface area contributed by atoms with Gasteiger partial charge >= 0.3 is 12.2 Å². The quantitative estimate of drug-likeness (QED) is 0.449. The van der Waals surface area contributed by atoms with E-state index in [-0.39, 0.29) is 23.4 Å². The van der Waals surface area contributed by atoms with Gasteiger partial charge in [-0.25, -0.2) is 4.79 Å². The summed E-state index contributed by atoms with van der Waals surface area (Å²) in [5.41, 5.74) is 2.24. The Kier molecular flexibility index (Phi) is 5.31. The van der Waals surface area contributed by atoms with Crippen LogP contribution >= 0.6 is 0 Å². The number of hydrogen-bond donors (Lipinski definition) is 2. The number of carbonyl (C=O) groups excluding carboxylic acids is 3. The molecule has 7 nitrogen and oxygen atoms in total. The summed E-state index contributed by atoms with van der Waals surface area (Å²) in [6.07, 6.45) is -2.41. The van der Waals surface area contributed by atoms with Gasteiger partial charge in [0.15, 0.2) is 5.78 Å². The molecule has 10 heteroatoms. The number of alkyl halides is 3. The smallest absolute Gasteiger partial charge is 0.361 e. The number of aromatic nitrogens is 2. The highest BCUT2D eigenvalue weighted by atomic mass is 19.4. The van der Waals surface area contributed by atoms with Crippen LogP contribution in [0, 0.1) is 13.8 Å². The van der Waals surface area contributed by atoms with Crippen LogP contribution in [0.2, 0.25) is 0 Å².